The standard InChI is InChI=1S/C30H33N3O2/c1-5-20-32(29(34)24(6-2)23-15-8-7-9-16-23)22(4)28-31-26-18-12-11-17-25(26)30(35)33(28)27-19-13-10-14-21(27)3/h7-19,22,24H,5-6,20H2,1-4H3. The molecule has 0 fully saturated rings. The molecule has 1 aromatic heterocycles. The second-order valence-corrected chi connectivity index (χ2v) is 8.99. The first kappa shape index (κ1) is 24.4. The number of amides is 1. The molecule has 4 rings (SSSR count). The van der Waals surface area contributed by atoms with E-state index in [0.717, 1.165) is 23.2 Å². The Bertz CT molecular complexity index is 1380. The molecule has 0 N–H and O–H groups in total. The molecule has 0 aliphatic heterocycles. The van der Waals surface area contributed by atoms with E-state index in [2.05, 4.69) is 6.92 Å². The van der Waals surface area contributed by atoms with Gasteiger partial charge in [-0.2, -0.15) is 0 Å². The van der Waals surface area contributed by atoms with Crippen molar-refractivity contribution in [2.75, 3.05) is 6.54 Å². The van der Waals surface area contributed by atoms with Crippen LogP contribution < -0.4 is 5.56 Å². The van der Waals surface area contributed by atoms with Gasteiger partial charge in [0, 0.05) is 6.54 Å². The van der Waals surface area contributed by atoms with E-state index >= 15 is 0 Å². The first-order valence-electron chi connectivity index (χ1n) is 12.4. The Kier molecular flexibility index (Phi) is 7.45. The monoisotopic (exact) mass is 467 g/mol. The van der Waals surface area contributed by atoms with Crippen LogP contribution in [0.1, 0.15) is 62.5 Å². The number of hydrogen-bond acceptors (Lipinski definition) is 3. The summed E-state index contributed by atoms with van der Waals surface area (Å²) in [5, 5.41) is 0.566. The molecule has 0 saturated heterocycles. The fourth-order valence-corrected chi connectivity index (χ4v) is 4.79. The number of carbonyl (C=O) groups excluding carboxylic acids is 1. The summed E-state index contributed by atoms with van der Waals surface area (Å²) in [6.07, 6.45) is 1.51. The zero-order chi connectivity index (χ0) is 24.9. The van der Waals surface area contributed by atoms with Gasteiger partial charge in [0.15, 0.2) is 0 Å². The lowest BCUT2D eigenvalue weighted by Crippen LogP contribution is -2.40. The molecule has 3 aromatic carbocycles. The number of nitrogens with zero attached hydrogens (tertiary/aromatic N) is 3. The smallest absolute Gasteiger partial charge is 0.266 e. The van der Waals surface area contributed by atoms with E-state index < -0.39 is 6.04 Å². The van der Waals surface area contributed by atoms with E-state index in [1.165, 1.54) is 0 Å². The van der Waals surface area contributed by atoms with E-state index in [0.29, 0.717) is 29.7 Å². The van der Waals surface area contributed by atoms with Crippen LogP contribution in [0.2, 0.25) is 0 Å². The Morgan fingerprint density at radius 2 is 1.60 bits per heavy atom. The maximum Gasteiger partial charge on any atom is 0.266 e. The highest BCUT2D eigenvalue weighted by Crippen LogP contribution is 2.29. The molecular formula is C30H33N3O2. The average molecular weight is 468 g/mol. The van der Waals surface area contributed by atoms with Crippen LogP contribution in [0.5, 0.6) is 0 Å². The fourth-order valence-electron chi connectivity index (χ4n) is 4.79. The van der Waals surface area contributed by atoms with Crippen molar-refractivity contribution < 1.29 is 4.79 Å². The van der Waals surface area contributed by atoms with Crippen LogP contribution in [0, 0.1) is 6.92 Å². The second kappa shape index (κ2) is 10.7. The molecule has 0 aliphatic carbocycles. The number of benzene rings is 3. The van der Waals surface area contributed by atoms with Gasteiger partial charge in [-0.25, -0.2) is 4.98 Å². The summed E-state index contributed by atoms with van der Waals surface area (Å²) in [6.45, 7) is 8.67. The number of para-hydroxylation sites is 2. The number of carbonyl (C=O) groups is 1. The number of aryl methyl sites for hydroxylation is 1. The van der Waals surface area contributed by atoms with Crippen LogP contribution in [0.25, 0.3) is 16.6 Å². The SMILES string of the molecule is CCCN(C(=O)C(CC)c1ccccc1)C(C)c1nc2ccccc2c(=O)n1-c1ccccc1C. The third-order valence-electron chi connectivity index (χ3n) is 6.66. The number of rotatable bonds is 8. The van der Waals surface area contributed by atoms with E-state index in [1.54, 1.807) is 4.57 Å². The highest BCUT2D eigenvalue weighted by atomic mass is 16.2. The molecule has 35 heavy (non-hydrogen) atoms. The summed E-state index contributed by atoms with van der Waals surface area (Å²) in [7, 11) is 0. The molecule has 180 valence electrons. The molecule has 0 radical (unpaired) electrons. The quantitative estimate of drug-likeness (QED) is 0.311. The summed E-state index contributed by atoms with van der Waals surface area (Å²) >= 11 is 0. The van der Waals surface area contributed by atoms with Gasteiger partial charge in [0.25, 0.3) is 5.56 Å². The van der Waals surface area contributed by atoms with Gasteiger partial charge in [-0.3, -0.25) is 14.2 Å². The molecule has 0 aliphatic rings. The van der Waals surface area contributed by atoms with E-state index in [4.69, 9.17) is 4.98 Å². The molecular weight excluding hydrogens is 434 g/mol. The summed E-state index contributed by atoms with van der Waals surface area (Å²) < 4.78 is 1.70. The van der Waals surface area contributed by atoms with Crippen LogP contribution in [0.3, 0.4) is 0 Å². The molecule has 1 amide bonds. The van der Waals surface area contributed by atoms with Crippen LogP contribution in [0.15, 0.2) is 83.7 Å². The van der Waals surface area contributed by atoms with E-state index in [9.17, 15) is 9.59 Å². The molecule has 2 unspecified atom stereocenters. The van der Waals surface area contributed by atoms with Crippen LogP contribution in [0.4, 0.5) is 0 Å². The molecule has 5 nitrogen and oxygen atoms in total. The predicted molar refractivity (Wildman–Crippen MR) is 142 cm³/mol. The normalized spacial score (nSPS) is 12.9. The summed E-state index contributed by atoms with van der Waals surface area (Å²) in [5.41, 5.74) is 3.30. The molecule has 4 aromatic rings. The first-order chi connectivity index (χ1) is 17.0. The third-order valence-corrected chi connectivity index (χ3v) is 6.66. The highest BCUT2D eigenvalue weighted by molar-refractivity contribution is 5.84. The van der Waals surface area contributed by atoms with E-state index in [1.807, 2.05) is 105 Å². The Balaban J connectivity index is 1.89. The number of hydrogen-bond donors (Lipinski definition) is 0. The van der Waals surface area contributed by atoms with Crippen molar-refractivity contribution in [2.45, 2.75) is 52.5 Å². The van der Waals surface area contributed by atoms with Gasteiger partial charge in [-0.1, -0.05) is 74.5 Å². The lowest BCUT2D eigenvalue weighted by atomic mass is 9.94. The Labute approximate surface area is 207 Å². The van der Waals surface area contributed by atoms with Crippen molar-refractivity contribution in [1.29, 1.82) is 0 Å². The van der Waals surface area contributed by atoms with Crippen LogP contribution >= 0.6 is 0 Å². The van der Waals surface area contributed by atoms with Gasteiger partial charge < -0.3 is 4.90 Å². The Hall–Kier alpha value is -3.73. The van der Waals surface area contributed by atoms with Gasteiger partial charge in [0.1, 0.15) is 5.82 Å². The highest BCUT2D eigenvalue weighted by Gasteiger charge is 2.31. The number of fused-ring (bicyclic) bond motifs is 1. The van der Waals surface area contributed by atoms with Gasteiger partial charge >= 0.3 is 0 Å². The second-order valence-electron chi connectivity index (χ2n) is 8.99. The average Bonchev–Trinajstić information content (AvgIpc) is 2.88. The minimum atomic E-state index is -0.392. The van der Waals surface area contributed by atoms with Gasteiger partial charge in [-0.15, -0.1) is 0 Å². The largest absolute Gasteiger partial charge is 0.332 e. The summed E-state index contributed by atoms with van der Waals surface area (Å²) in [5.74, 6) is 0.392. The van der Waals surface area contributed by atoms with Crippen molar-refractivity contribution >= 4 is 16.8 Å². The Morgan fingerprint density at radius 3 is 2.29 bits per heavy atom. The lowest BCUT2D eigenvalue weighted by Gasteiger charge is -2.33. The summed E-state index contributed by atoms with van der Waals surface area (Å²) in [4.78, 5) is 34.6. The molecule has 2 atom stereocenters. The van der Waals surface area contributed by atoms with E-state index in [-0.39, 0.29) is 17.4 Å². The number of aromatic nitrogens is 2. The van der Waals surface area contributed by atoms with Crippen molar-refractivity contribution in [3.8, 4) is 5.69 Å². The van der Waals surface area contributed by atoms with Gasteiger partial charge in [0.2, 0.25) is 5.91 Å². The lowest BCUT2D eigenvalue weighted by molar-refractivity contribution is -0.135. The topological polar surface area (TPSA) is 55.2 Å². The predicted octanol–water partition coefficient (Wildman–Crippen LogP) is 6.19. The van der Waals surface area contributed by atoms with Gasteiger partial charge in [-0.05, 0) is 56.0 Å². The van der Waals surface area contributed by atoms with Crippen molar-refractivity contribution in [3.63, 3.8) is 0 Å². The molecule has 1 heterocycles. The Morgan fingerprint density at radius 1 is 0.943 bits per heavy atom. The third kappa shape index (κ3) is 4.76. The minimum Gasteiger partial charge on any atom is -0.332 e. The minimum absolute atomic E-state index is 0.0618. The van der Waals surface area contributed by atoms with Crippen molar-refractivity contribution in [1.82, 2.24) is 14.5 Å². The summed E-state index contributed by atoms with van der Waals surface area (Å²) in [6, 6.07) is 24.8. The first-order valence-corrected chi connectivity index (χ1v) is 12.4. The maximum absolute atomic E-state index is 14.0. The molecule has 0 spiro atoms. The van der Waals surface area contributed by atoms with Gasteiger partial charge in [0.05, 0.1) is 28.6 Å². The fraction of sp³-hybridized carbons (Fsp3) is 0.300. The molecule has 0 bridgehead atoms. The van der Waals surface area contributed by atoms with Crippen LogP contribution in [-0.4, -0.2) is 26.9 Å². The van der Waals surface area contributed by atoms with Crippen molar-refractivity contribution in [2.24, 2.45) is 0 Å². The zero-order valence-electron chi connectivity index (χ0n) is 20.9. The maximum atomic E-state index is 14.0. The zero-order valence-corrected chi connectivity index (χ0v) is 20.9. The molecule has 5 heteroatoms. The molecule has 0 saturated carbocycles. The van der Waals surface area contributed by atoms with Crippen LogP contribution in [-0.2, 0) is 4.79 Å². The van der Waals surface area contributed by atoms with Crippen molar-refractivity contribution in [3.05, 3.63) is 106 Å².